The molecule has 4 nitrogen and oxygen atoms in total. The Labute approximate surface area is 90.5 Å². The number of hydrogen-bond donors (Lipinski definition) is 1. The van der Waals surface area contributed by atoms with E-state index in [1.165, 1.54) is 25.3 Å². The normalized spacial score (nSPS) is 7.93. The van der Waals surface area contributed by atoms with Crippen molar-refractivity contribution >= 4 is 11.7 Å². The third-order valence-corrected chi connectivity index (χ3v) is 1.42. The van der Waals surface area contributed by atoms with E-state index in [2.05, 4.69) is 4.98 Å². The Balaban J connectivity index is 0. The second-order valence-electron chi connectivity index (χ2n) is 2.35. The Morgan fingerprint density at radius 1 is 1.27 bits per heavy atom. The molecular formula is C11H18N2O2. The SMILES string of the molecule is C.CC.CC(=O)c1ccc(C(N)=O)nc1. The number of hydrogen-bond acceptors (Lipinski definition) is 3. The van der Waals surface area contributed by atoms with Crippen molar-refractivity contribution in [2.75, 3.05) is 0 Å². The van der Waals surface area contributed by atoms with Gasteiger partial charge in [-0.3, -0.25) is 14.6 Å². The predicted octanol–water partition coefficient (Wildman–Crippen LogP) is 2.05. The van der Waals surface area contributed by atoms with Gasteiger partial charge in [0.1, 0.15) is 5.69 Å². The van der Waals surface area contributed by atoms with Gasteiger partial charge in [0, 0.05) is 11.8 Å². The third-order valence-electron chi connectivity index (χ3n) is 1.42. The Morgan fingerprint density at radius 2 is 1.80 bits per heavy atom. The largest absolute Gasteiger partial charge is 0.364 e. The molecule has 0 bridgehead atoms. The average Bonchev–Trinajstić information content (AvgIpc) is 2.21. The molecule has 0 radical (unpaired) electrons. The van der Waals surface area contributed by atoms with Gasteiger partial charge in [-0.2, -0.15) is 0 Å². The lowest BCUT2D eigenvalue weighted by atomic mass is 10.2. The monoisotopic (exact) mass is 210 g/mol. The van der Waals surface area contributed by atoms with E-state index >= 15 is 0 Å². The van der Waals surface area contributed by atoms with Crippen molar-refractivity contribution in [3.05, 3.63) is 29.6 Å². The average molecular weight is 210 g/mol. The number of carbonyl (C=O) groups is 2. The summed E-state index contributed by atoms with van der Waals surface area (Å²) < 4.78 is 0. The maximum absolute atomic E-state index is 10.8. The lowest BCUT2D eigenvalue weighted by molar-refractivity contribution is 0.0988. The molecule has 1 amide bonds. The molecule has 15 heavy (non-hydrogen) atoms. The van der Waals surface area contributed by atoms with Crippen molar-refractivity contribution in [3.8, 4) is 0 Å². The zero-order valence-electron chi connectivity index (χ0n) is 8.57. The van der Waals surface area contributed by atoms with E-state index in [0.29, 0.717) is 5.56 Å². The van der Waals surface area contributed by atoms with Crippen LogP contribution in [0.15, 0.2) is 18.3 Å². The minimum Gasteiger partial charge on any atom is -0.364 e. The number of Topliss-reactive ketones (excluding diaryl/α,β-unsaturated/α-hetero) is 1. The van der Waals surface area contributed by atoms with E-state index < -0.39 is 5.91 Å². The first kappa shape index (κ1) is 15.7. The van der Waals surface area contributed by atoms with Crippen LogP contribution in [0.1, 0.15) is 49.0 Å². The van der Waals surface area contributed by atoms with Crippen LogP contribution in [0.25, 0.3) is 0 Å². The van der Waals surface area contributed by atoms with Gasteiger partial charge >= 0.3 is 0 Å². The molecule has 0 fully saturated rings. The van der Waals surface area contributed by atoms with E-state index in [1.807, 2.05) is 13.8 Å². The first-order chi connectivity index (χ1) is 6.61. The van der Waals surface area contributed by atoms with E-state index in [4.69, 9.17) is 5.73 Å². The molecule has 2 N–H and O–H groups in total. The van der Waals surface area contributed by atoms with Crippen molar-refractivity contribution < 1.29 is 9.59 Å². The summed E-state index contributed by atoms with van der Waals surface area (Å²) in [5.74, 6) is -0.677. The number of pyridine rings is 1. The molecule has 0 aliphatic heterocycles. The van der Waals surface area contributed by atoms with E-state index in [1.54, 1.807) is 0 Å². The maximum Gasteiger partial charge on any atom is 0.267 e. The molecule has 0 unspecified atom stereocenters. The molecule has 84 valence electrons. The van der Waals surface area contributed by atoms with Crippen molar-refractivity contribution in [3.63, 3.8) is 0 Å². The Hall–Kier alpha value is -1.71. The highest BCUT2D eigenvalue weighted by atomic mass is 16.1. The quantitative estimate of drug-likeness (QED) is 0.759. The third kappa shape index (κ3) is 4.90. The van der Waals surface area contributed by atoms with Crippen LogP contribution >= 0.6 is 0 Å². The molecule has 0 spiro atoms. The first-order valence-electron chi connectivity index (χ1n) is 4.38. The molecule has 0 saturated heterocycles. The summed E-state index contributed by atoms with van der Waals surface area (Å²) in [5.41, 5.74) is 5.59. The Kier molecular flexibility index (Phi) is 8.05. The predicted molar refractivity (Wildman–Crippen MR) is 60.8 cm³/mol. The topological polar surface area (TPSA) is 73.1 Å². The molecular weight excluding hydrogens is 192 g/mol. The summed E-state index contributed by atoms with van der Waals surface area (Å²) in [5, 5.41) is 0. The number of aromatic nitrogens is 1. The number of ketones is 1. The minimum atomic E-state index is -0.592. The standard InChI is InChI=1S/C8H8N2O2.C2H6.CH4/c1-5(11)6-2-3-7(8(9)12)10-4-6;1-2;/h2-4H,1H3,(H2,9,12);1-2H3;1H4. The second kappa shape index (κ2) is 7.67. The molecule has 0 aromatic carbocycles. The number of rotatable bonds is 2. The number of carbonyl (C=O) groups excluding carboxylic acids is 2. The lowest BCUT2D eigenvalue weighted by Gasteiger charge is -1.95. The summed E-state index contributed by atoms with van der Waals surface area (Å²) in [6, 6.07) is 2.95. The van der Waals surface area contributed by atoms with E-state index in [9.17, 15) is 9.59 Å². The first-order valence-corrected chi connectivity index (χ1v) is 4.38. The number of primary amides is 1. The van der Waals surface area contributed by atoms with Gasteiger partial charge in [-0.1, -0.05) is 21.3 Å². The zero-order valence-corrected chi connectivity index (χ0v) is 8.57. The zero-order chi connectivity index (χ0) is 11.1. The van der Waals surface area contributed by atoms with Gasteiger partial charge in [0.15, 0.2) is 5.78 Å². The molecule has 1 heterocycles. The fourth-order valence-electron chi connectivity index (χ4n) is 0.748. The van der Waals surface area contributed by atoms with Gasteiger partial charge in [0.25, 0.3) is 5.91 Å². The highest BCUT2D eigenvalue weighted by molar-refractivity contribution is 5.95. The van der Waals surface area contributed by atoms with Crippen LogP contribution in [0.3, 0.4) is 0 Å². The molecule has 0 saturated carbocycles. The maximum atomic E-state index is 10.8. The Bertz CT molecular complexity index is 285. The van der Waals surface area contributed by atoms with Gasteiger partial charge in [-0.05, 0) is 19.1 Å². The van der Waals surface area contributed by atoms with Crippen LogP contribution in [0, 0.1) is 0 Å². The summed E-state index contributed by atoms with van der Waals surface area (Å²) in [7, 11) is 0. The highest BCUT2D eigenvalue weighted by Gasteiger charge is 2.03. The van der Waals surface area contributed by atoms with Crippen molar-refractivity contribution in [1.82, 2.24) is 4.98 Å². The van der Waals surface area contributed by atoms with Crippen molar-refractivity contribution in [1.29, 1.82) is 0 Å². The molecule has 0 aliphatic rings. The van der Waals surface area contributed by atoms with Crippen molar-refractivity contribution in [2.24, 2.45) is 5.73 Å². The van der Waals surface area contributed by atoms with Gasteiger partial charge in [-0.15, -0.1) is 0 Å². The molecule has 1 rings (SSSR count). The number of nitrogens with two attached hydrogens (primary N) is 1. The van der Waals surface area contributed by atoms with Crippen LogP contribution in [-0.2, 0) is 0 Å². The van der Waals surface area contributed by atoms with Crippen molar-refractivity contribution in [2.45, 2.75) is 28.2 Å². The van der Waals surface area contributed by atoms with Gasteiger partial charge in [0.05, 0.1) is 0 Å². The van der Waals surface area contributed by atoms with E-state index in [0.717, 1.165) is 0 Å². The van der Waals surface area contributed by atoms with E-state index in [-0.39, 0.29) is 18.9 Å². The Morgan fingerprint density at radius 3 is 2.07 bits per heavy atom. The van der Waals surface area contributed by atoms with Gasteiger partial charge in [-0.25, -0.2) is 0 Å². The number of nitrogens with zero attached hydrogens (tertiary/aromatic N) is 1. The lowest BCUT2D eigenvalue weighted by Crippen LogP contribution is -2.13. The number of amides is 1. The summed E-state index contributed by atoms with van der Waals surface area (Å²) in [6.45, 7) is 5.43. The molecule has 4 heteroatoms. The molecule has 0 atom stereocenters. The van der Waals surface area contributed by atoms with Crippen LogP contribution in [0.2, 0.25) is 0 Å². The van der Waals surface area contributed by atoms with Crippen LogP contribution in [0.5, 0.6) is 0 Å². The highest BCUT2D eigenvalue weighted by Crippen LogP contribution is 1.99. The van der Waals surface area contributed by atoms with Crippen LogP contribution < -0.4 is 5.73 Å². The molecule has 0 aliphatic carbocycles. The fraction of sp³-hybridized carbons (Fsp3) is 0.364. The van der Waals surface area contributed by atoms with Gasteiger partial charge < -0.3 is 5.73 Å². The molecule has 1 aromatic heterocycles. The summed E-state index contributed by atoms with van der Waals surface area (Å²) >= 11 is 0. The molecule has 1 aromatic rings. The summed E-state index contributed by atoms with van der Waals surface area (Å²) in [6.07, 6.45) is 1.34. The minimum absolute atomic E-state index is 0. The second-order valence-corrected chi connectivity index (χ2v) is 2.35. The van der Waals surface area contributed by atoms with Gasteiger partial charge in [0.2, 0.25) is 0 Å². The smallest absolute Gasteiger partial charge is 0.267 e. The summed E-state index contributed by atoms with van der Waals surface area (Å²) in [4.78, 5) is 25.0. The fourth-order valence-corrected chi connectivity index (χ4v) is 0.748. The van der Waals surface area contributed by atoms with Crippen LogP contribution in [-0.4, -0.2) is 16.7 Å². The van der Waals surface area contributed by atoms with Crippen LogP contribution in [0.4, 0.5) is 0 Å².